The van der Waals surface area contributed by atoms with Crippen LogP contribution in [0.25, 0.3) is 0 Å². The molecular weight excluding hydrogens is 196 g/mol. The molecule has 1 fully saturated rings. The van der Waals surface area contributed by atoms with E-state index >= 15 is 0 Å². The highest BCUT2D eigenvalue weighted by molar-refractivity contribution is 6.66. The Hall–Kier alpha value is -0.970. The molecule has 2 N–H and O–H groups in total. The number of rotatable bonds is 1. The molecule has 1 heterocycles. The Morgan fingerprint density at radius 3 is 2.77 bits per heavy atom. The summed E-state index contributed by atoms with van der Waals surface area (Å²) in [5.41, 5.74) is 0. The van der Waals surface area contributed by atoms with E-state index in [1.807, 2.05) is 0 Å². The van der Waals surface area contributed by atoms with Crippen molar-refractivity contribution in [1.29, 1.82) is 0 Å². The van der Waals surface area contributed by atoms with Crippen molar-refractivity contribution < 1.29 is 15.1 Å². The van der Waals surface area contributed by atoms with Gasteiger partial charge in [-0.15, -0.1) is 0 Å². The van der Waals surface area contributed by atoms with E-state index < -0.39 is 12.1 Å². The lowest BCUT2D eigenvalue weighted by atomic mass is 10.0. The first-order valence-corrected chi connectivity index (χ1v) is 4.41. The van der Waals surface area contributed by atoms with Crippen LogP contribution in [0.5, 0.6) is 0 Å². The summed E-state index contributed by atoms with van der Waals surface area (Å²) >= 11 is 5.58. The van der Waals surface area contributed by atoms with Crippen LogP contribution in [0.3, 0.4) is 0 Å². The largest absolute Gasteiger partial charge is 0.465 e. The molecule has 6 heteroatoms. The van der Waals surface area contributed by atoms with E-state index in [4.69, 9.17) is 21.9 Å². The molecule has 0 aromatic rings. The zero-order valence-electron chi connectivity index (χ0n) is 6.98. The summed E-state index contributed by atoms with van der Waals surface area (Å²) < 4.78 is 0. The number of carbonyl (C=O) groups is 1. The predicted octanol–water partition coefficient (Wildman–Crippen LogP) is 1.55. The van der Waals surface area contributed by atoms with Crippen LogP contribution in [-0.4, -0.2) is 39.1 Å². The average molecular weight is 207 g/mol. The van der Waals surface area contributed by atoms with Gasteiger partial charge >= 0.3 is 6.09 Å². The molecule has 1 amide bonds. The Morgan fingerprint density at radius 2 is 2.23 bits per heavy atom. The molecular formula is C7H11ClN2O3. The summed E-state index contributed by atoms with van der Waals surface area (Å²) in [4.78, 5) is 11.9. The number of oxime groups is 1. The third-order valence-corrected chi connectivity index (χ3v) is 2.45. The molecule has 74 valence electrons. The van der Waals surface area contributed by atoms with Gasteiger partial charge in [0.05, 0.1) is 6.04 Å². The van der Waals surface area contributed by atoms with Crippen LogP contribution in [0, 0.1) is 0 Å². The van der Waals surface area contributed by atoms with Crippen LogP contribution in [0.1, 0.15) is 19.3 Å². The Kier molecular flexibility index (Phi) is 3.36. The fraction of sp³-hybridized carbons (Fsp3) is 0.714. The number of carboxylic acid groups (broad SMARTS) is 1. The van der Waals surface area contributed by atoms with E-state index in [0.29, 0.717) is 13.0 Å². The molecule has 0 saturated carbocycles. The standard InChI is InChI=1S/C7H11ClN2O3/c8-6(9-13)5-3-1-2-4-10(5)7(11)12/h5,13H,1-4H2,(H,11,12)/t5-/m1/s1. The third kappa shape index (κ3) is 2.24. The molecule has 0 aromatic carbocycles. The summed E-state index contributed by atoms with van der Waals surface area (Å²) in [6.45, 7) is 0.450. The normalized spacial score (nSPS) is 24.5. The zero-order valence-corrected chi connectivity index (χ0v) is 7.74. The number of amides is 1. The van der Waals surface area contributed by atoms with E-state index in [9.17, 15) is 4.79 Å². The van der Waals surface area contributed by atoms with Gasteiger partial charge in [0.1, 0.15) is 0 Å². The molecule has 1 aliphatic heterocycles. The van der Waals surface area contributed by atoms with Crippen LogP contribution in [0.15, 0.2) is 5.16 Å². The molecule has 0 aromatic heterocycles. The van der Waals surface area contributed by atoms with Gasteiger partial charge in [-0.25, -0.2) is 4.79 Å². The SMILES string of the molecule is O=C(O)N1CCCC[C@@H]1C(Cl)=NO. The molecule has 13 heavy (non-hydrogen) atoms. The van der Waals surface area contributed by atoms with E-state index in [-0.39, 0.29) is 5.17 Å². The lowest BCUT2D eigenvalue weighted by Gasteiger charge is -2.31. The van der Waals surface area contributed by atoms with E-state index in [0.717, 1.165) is 12.8 Å². The third-order valence-electron chi connectivity index (χ3n) is 2.12. The minimum atomic E-state index is -1.02. The predicted molar refractivity (Wildman–Crippen MR) is 47.4 cm³/mol. The summed E-state index contributed by atoms with van der Waals surface area (Å²) in [5, 5.41) is 20.0. The second-order valence-electron chi connectivity index (χ2n) is 2.91. The fourth-order valence-electron chi connectivity index (χ4n) is 1.47. The number of likely N-dealkylation sites (tertiary alicyclic amines) is 1. The fourth-order valence-corrected chi connectivity index (χ4v) is 1.70. The van der Waals surface area contributed by atoms with Gasteiger partial charge in [-0.05, 0) is 19.3 Å². The topological polar surface area (TPSA) is 73.1 Å². The van der Waals surface area contributed by atoms with Crippen LogP contribution in [0.4, 0.5) is 4.79 Å². The summed E-state index contributed by atoms with van der Waals surface area (Å²) in [5.74, 6) is 0. The lowest BCUT2D eigenvalue weighted by molar-refractivity contribution is 0.124. The molecule has 1 saturated heterocycles. The quantitative estimate of drug-likeness (QED) is 0.388. The number of hydrogen-bond acceptors (Lipinski definition) is 3. The van der Waals surface area contributed by atoms with Gasteiger partial charge in [-0.1, -0.05) is 16.8 Å². The van der Waals surface area contributed by atoms with Crippen LogP contribution >= 0.6 is 11.6 Å². The molecule has 1 aliphatic rings. The van der Waals surface area contributed by atoms with Crippen molar-refractivity contribution in [3.05, 3.63) is 0 Å². The van der Waals surface area contributed by atoms with Gasteiger partial charge in [0.15, 0.2) is 5.17 Å². The zero-order chi connectivity index (χ0) is 9.84. The van der Waals surface area contributed by atoms with E-state index in [2.05, 4.69) is 5.16 Å². The van der Waals surface area contributed by atoms with Crippen LogP contribution < -0.4 is 0 Å². The van der Waals surface area contributed by atoms with E-state index in [1.165, 1.54) is 4.90 Å². The molecule has 1 atom stereocenters. The van der Waals surface area contributed by atoms with Gasteiger partial charge in [0.25, 0.3) is 0 Å². The van der Waals surface area contributed by atoms with E-state index in [1.54, 1.807) is 0 Å². The molecule has 0 radical (unpaired) electrons. The summed E-state index contributed by atoms with van der Waals surface area (Å²) in [6.07, 6.45) is 1.33. The number of hydrogen-bond donors (Lipinski definition) is 2. The minimum absolute atomic E-state index is 0.0536. The first-order chi connectivity index (χ1) is 6.16. The Morgan fingerprint density at radius 1 is 1.54 bits per heavy atom. The summed E-state index contributed by atoms with van der Waals surface area (Å²) in [7, 11) is 0. The van der Waals surface area contributed by atoms with Crippen molar-refractivity contribution in [2.75, 3.05) is 6.54 Å². The smallest absolute Gasteiger partial charge is 0.407 e. The van der Waals surface area contributed by atoms with Gasteiger partial charge < -0.3 is 10.3 Å². The molecule has 0 unspecified atom stereocenters. The van der Waals surface area contributed by atoms with Gasteiger partial charge in [0.2, 0.25) is 0 Å². The first kappa shape index (κ1) is 10.1. The maximum absolute atomic E-state index is 10.7. The molecule has 0 aliphatic carbocycles. The van der Waals surface area contributed by atoms with Crippen molar-refractivity contribution in [1.82, 2.24) is 4.90 Å². The van der Waals surface area contributed by atoms with Crippen molar-refractivity contribution in [3.8, 4) is 0 Å². The minimum Gasteiger partial charge on any atom is -0.465 e. The monoisotopic (exact) mass is 206 g/mol. The van der Waals surface area contributed by atoms with Crippen molar-refractivity contribution >= 4 is 22.9 Å². The second-order valence-corrected chi connectivity index (χ2v) is 3.30. The van der Waals surface area contributed by atoms with Gasteiger partial charge in [-0.2, -0.15) is 0 Å². The Bertz CT molecular complexity index is 232. The average Bonchev–Trinajstić information content (AvgIpc) is 2.16. The molecule has 0 bridgehead atoms. The maximum Gasteiger partial charge on any atom is 0.407 e. The molecule has 1 rings (SSSR count). The highest BCUT2D eigenvalue weighted by Crippen LogP contribution is 2.19. The first-order valence-electron chi connectivity index (χ1n) is 4.04. The van der Waals surface area contributed by atoms with Crippen molar-refractivity contribution in [2.24, 2.45) is 5.16 Å². The van der Waals surface area contributed by atoms with Crippen molar-refractivity contribution in [2.45, 2.75) is 25.3 Å². The number of halogens is 1. The van der Waals surface area contributed by atoms with Gasteiger partial charge in [0, 0.05) is 6.54 Å². The Labute approximate surface area is 80.6 Å². The maximum atomic E-state index is 10.7. The second kappa shape index (κ2) is 4.32. The highest BCUT2D eigenvalue weighted by atomic mass is 35.5. The Balaban J connectivity index is 2.73. The van der Waals surface area contributed by atoms with Crippen molar-refractivity contribution in [3.63, 3.8) is 0 Å². The van der Waals surface area contributed by atoms with Crippen LogP contribution in [0.2, 0.25) is 0 Å². The van der Waals surface area contributed by atoms with Crippen LogP contribution in [-0.2, 0) is 0 Å². The number of nitrogens with zero attached hydrogens (tertiary/aromatic N) is 2. The molecule has 0 spiro atoms. The lowest BCUT2D eigenvalue weighted by Crippen LogP contribution is -2.46. The molecule has 5 nitrogen and oxygen atoms in total. The number of piperidine rings is 1. The highest BCUT2D eigenvalue weighted by Gasteiger charge is 2.29. The van der Waals surface area contributed by atoms with Gasteiger partial charge in [-0.3, -0.25) is 4.90 Å². The summed E-state index contributed by atoms with van der Waals surface area (Å²) in [6, 6.07) is -0.474.